The lowest BCUT2D eigenvalue weighted by Gasteiger charge is -2.45. The summed E-state index contributed by atoms with van der Waals surface area (Å²) in [6.07, 6.45) is 2.92. The molecule has 118 valence electrons. The Balaban J connectivity index is 1.81. The molecule has 2 N–H and O–H groups in total. The zero-order chi connectivity index (χ0) is 16.2. The lowest BCUT2D eigenvalue weighted by molar-refractivity contribution is -0.0917. The highest BCUT2D eigenvalue weighted by Crippen LogP contribution is 2.38. The topological polar surface area (TPSA) is 52.1 Å². The Labute approximate surface area is 137 Å². The summed E-state index contributed by atoms with van der Waals surface area (Å²) in [7, 11) is 1.94. The molecule has 0 atom stereocenters. The van der Waals surface area contributed by atoms with Crippen molar-refractivity contribution in [1.29, 1.82) is 0 Å². The molecule has 1 saturated heterocycles. The predicted molar refractivity (Wildman–Crippen MR) is 87.9 cm³/mol. The van der Waals surface area contributed by atoms with Crippen molar-refractivity contribution in [3.05, 3.63) is 53.1 Å². The van der Waals surface area contributed by atoms with Crippen molar-refractivity contribution in [3.8, 4) is 11.1 Å². The number of aromatic nitrogens is 2. The summed E-state index contributed by atoms with van der Waals surface area (Å²) in [6.45, 7) is 1.11. The van der Waals surface area contributed by atoms with E-state index < -0.39 is 5.60 Å². The number of aliphatic hydroxyl groups is 1. The van der Waals surface area contributed by atoms with Crippen molar-refractivity contribution in [3.63, 3.8) is 0 Å². The van der Waals surface area contributed by atoms with E-state index in [1.54, 1.807) is 18.3 Å². The van der Waals surface area contributed by atoms with Crippen molar-refractivity contribution in [2.45, 2.75) is 5.60 Å². The van der Waals surface area contributed by atoms with Crippen LogP contribution in [-0.2, 0) is 5.60 Å². The standard InChI is InChI=1S/C17H15ClFN3O/c1-22-8-17(23,9-22)12-3-2-10(6-13(12)18)11-4-5-20-16-15(11)14(19)7-21-16/h2-7,23H,8-9H2,1H3,(H,20,21). The van der Waals surface area contributed by atoms with Gasteiger partial charge in [-0.25, -0.2) is 9.37 Å². The normalized spacial score (nSPS) is 17.4. The number of aromatic amines is 1. The monoisotopic (exact) mass is 331 g/mol. The quantitative estimate of drug-likeness (QED) is 0.758. The third kappa shape index (κ3) is 2.24. The molecule has 3 aromatic rings. The molecule has 4 nitrogen and oxygen atoms in total. The molecule has 4 rings (SSSR count). The molecule has 0 bridgehead atoms. The Morgan fingerprint density at radius 1 is 1.35 bits per heavy atom. The SMILES string of the molecule is CN1CC(O)(c2ccc(-c3ccnc4[nH]cc(F)c34)cc2Cl)C1. The van der Waals surface area contributed by atoms with Gasteiger partial charge in [0.15, 0.2) is 5.82 Å². The summed E-state index contributed by atoms with van der Waals surface area (Å²) in [4.78, 5) is 8.95. The molecule has 1 aliphatic heterocycles. The van der Waals surface area contributed by atoms with Gasteiger partial charge in [-0.05, 0) is 30.3 Å². The first-order chi connectivity index (χ1) is 11.0. The maximum absolute atomic E-state index is 14.0. The number of pyridine rings is 1. The second-order valence-corrected chi connectivity index (χ2v) is 6.52. The van der Waals surface area contributed by atoms with Crippen LogP contribution >= 0.6 is 11.6 Å². The molecule has 1 fully saturated rings. The maximum Gasteiger partial charge on any atom is 0.150 e. The lowest BCUT2D eigenvalue weighted by atomic mass is 9.85. The highest BCUT2D eigenvalue weighted by molar-refractivity contribution is 6.31. The van der Waals surface area contributed by atoms with Crippen LogP contribution < -0.4 is 0 Å². The molecule has 1 aliphatic rings. The number of halogens is 2. The molecule has 0 radical (unpaired) electrons. The van der Waals surface area contributed by atoms with Crippen LogP contribution in [0.2, 0.25) is 5.02 Å². The number of hydrogen-bond donors (Lipinski definition) is 2. The Morgan fingerprint density at radius 2 is 2.13 bits per heavy atom. The molecule has 0 saturated carbocycles. The lowest BCUT2D eigenvalue weighted by Crippen LogP contribution is -2.57. The summed E-state index contributed by atoms with van der Waals surface area (Å²) in [6, 6.07) is 7.21. The van der Waals surface area contributed by atoms with Gasteiger partial charge < -0.3 is 10.1 Å². The van der Waals surface area contributed by atoms with Gasteiger partial charge in [0.25, 0.3) is 0 Å². The Kier molecular flexibility index (Phi) is 3.20. The summed E-state index contributed by atoms with van der Waals surface area (Å²) >= 11 is 6.39. The summed E-state index contributed by atoms with van der Waals surface area (Å²) in [5, 5.41) is 11.5. The van der Waals surface area contributed by atoms with E-state index in [2.05, 4.69) is 9.97 Å². The molecular formula is C17H15ClFN3O. The van der Waals surface area contributed by atoms with E-state index in [0.717, 1.165) is 11.1 Å². The molecule has 0 unspecified atom stereocenters. The third-order valence-corrected chi connectivity index (χ3v) is 4.68. The highest BCUT2D eigenvalue weighted by atomic mass is 35.5. The third-order valence-electron chi connectivity index (χ3n) is 4.37. The number of benzene rings is 1. The Bertz CT molecular complexity index is 902. The van der Waals surface area contributed by atoms with Crippen molar-refractivity contribution < 1.29 is 9.50 Å². The van der Waals surface area contributed by atoms with E-state index in [0.29, 0.717) is 34.7 Å². The second kappa shape index (κ2) is 5.03. The van der Waals surface area contributed by atoms with E-state index in [1.807, 2.05) is 24.1 Å². The highest BCUT2D eigenvalue weighted by Gasteiger charge is 2.41. The van der Waals surface area contributed by atoms with Crippen LogP contribution in [0.4, 0.5) is 4.39 Å². The molecular weight excluding hydrogens is 317 g/mol. The molecule has 0 spiro atoms. The minimum absolute atomic E-state index is 0.345. The molecule has 0 aliphatic carbocycles. The van der Waals surface area contributed by atoms with Gasteiger partial charge in [0.1, 0.15) is 11.2 Å². The molecule has 0 amide bonds. The number of nitrogens with one attached hydrogen (secondary N) is 1. The molecule has 6 heteroatoms. The second-order valence-electron chi connectivity index (χ2n) is 6.12. The van der Waals surface area contributed by atoms with Gasteiger partial charge in [-0.3, -0.25) is 4.90 Å². The van der Waals surface area contributed by atoms with E-state index >= 15 is 0 Å². The number of rotatable bonds is 2. The van der Waals surface area contributed by atoms with E-state index in [1.165, 1.54) is 6.20 Å². The van der Waals surface area contributed by atoms with E-state index in [9.17, 15) is 9.50 Å². The number of H-pyrrole nitrogens is 1. The average Bonchev–Trinajstić information content (AvgIpc) is 2.87. The number of likely N-dealkylation sites (N-methyl/N-ethyl adjacent to an activating group) is 1. The summed E-state index contributed by atoms with van der Waals surface area (Å²) in [5.41, 5.74) is 1.82. The van der Waals surface area contributed by atoms with Crippen LogP contribution in [0.15, 0.2) is 36.7 Å². The smallest absolute Gasteiger partial charge is 0.150 e. The summed E-state index contributed by atoms with van der Waals surface area (Å²) < 4.78 is 14.0. The van der Waals surface area contributed by atoms with Crippen molar-refractivity contribution >= 4 is 22.6 Å². The largest absolute Gasteiger partial charge is 0.382 e. The number of nitrogens with zero attached hydrogens (tertiary/aromatic N) is 2. The molecule has 1 aromatic carbocycles. The summed E-state index contributed by atoms with van der Waals surface area (Å²) in [5.74, 6) is -0.345. The molecule has 2 aromatic heterocycles. The average molecular weight is 332 g/mol. The van der Waals surface area contributed by atoms with Crippen LogP contribution in [0, 0.1) is 5.82 Å². The first-order valence-electron chi connectivity index (χ1n) is 7.31. The number of fused-ring (bicyclic) bond motifs is 1. The zero-order valence-corrected chi connectivity index (χ0v) is 13.2. The van der Waals surface area contributed by atoms with E-state index in [4.69, 9.17) is 11.6 Å². The number of likely N-dealkylation sites (tertiary alicyclic amines) is 1. The Hall–Kier alpha value is -1.95. The maximum atomic E-state index is 14.0. The van der Waals surface area contributed by atoms with Crippen LogP contribution in [0.1, 0.15) is 5.56 Å². The van der Waals surface area contributed by atoms with Crippen LogP contribution in [0.5, 0.6) is 0 Å². The van der Waals surface area contributed by atoms with Gasteiger partial charge in [-0.1, -0.05) is 23.7 Å². The van der Waals surface area contributed by atoms with Gasteiger partial charge in [0, 0.05) is 36.1 Å². The first kappa shape index (κ1) is 14.6. The minimum Gasteiger partial charge on any atom is -0.382 e. The van der Waals surface area contributed by atoms with Gasteiger partial charge in [-0.2, -0.15) is 0 Å². The fraction of sp³-hybridized carbons (Fsp3) is 0.235. The van der Waals surface area contributed by atoms with Gasteiger partial charge in [0.05, 0.1) is 5.39 Å². The fourth-order valence-electron chi connectivity index (χ4n) is 3.33. The predicted octanol–water partition coefficient (Wildman–Crippen LogP) is 3.16. The Morgan fingerprint density at radius 3 is 2.83 bits per heavy atom. The van der Waals surface area contributed by atoms with Gasteiger partial charge in [0.2, 0.25) is 0 Å². The zero-order valence-electron chi connectivity index (χ0n) is 12.5. The molecule has 23 heavy (non-hydrogen) atoms. The van der Waals surface area contributed by atoms with E-state index in [-0.39, 0.29) is 5.82 Å². The molecule has 3 heterocycles. The van der Waals surface area contributed by atoms with Crippen LogP contribution in [0.25, 0.3) is 22.2 Å². The minimum atomic E-state index is -0.905. The first-order valence-corrected chi connectivity index (χ1v) is 7.69. The van der Waals surface area contributed by atoms with Gasteiger partial charge >= 0.3 is 0 Å². The van der Waals surface area contributed by atoms with Crippen molar-refractivity contribution in [2.24, 2.45) is 0 Å². The van der Waals surface area contributed by atoms with Crippen LogP contribution in [0.3, 0.4) is 0 Å². The van der Waals surface area contributed by atoms with Crippen LogP contribution in [-0.4, -0.2) is 40.1 Å². The van der Waals surface area contributed by atoms with Gasteiger partial charge in [-0.15, -0.1) is 0 Å². The van der Waals surface area contributed by atoms with Crippen molar-refractivity contribution in [2.75, 3.05) is 20.1 Å². The van der Waals surface area contributed by atoms with Crippen molar-refractivity contribution in [1.82, 2.24) is 14.9 Å². The number of hydrogen-bond acceptors (Lipinski definition) is 3. The number of β-amino-alcohol motifs (C(OH)–C–C–N with tert-alkyl or cyclic N) is 1. The fourth-order valence-corrected chi connectivity index (χ4v) is 3.69.